The van der Waals surface area contributed by atoms with Crippen molar-refractivity contribution in [1.82, 2.24) is 5.32 Å². The molecule has 8 nitrogen and oxygen atoms in total. The lowest BCUT2D eigenvalue weighted by Crippen LogP contribution is -2.29. The number of amides is 1. The normalized spacial score (nSPS) is 11.0. The number of ether oxygens (including phenoxy) is 2. The van der Waals surface area contributed by atoms with E-state index in [1.54, 1.807) is 41.8 Å². The minimum Gasteiger partial charge on any atom is -0.482 e. The fourth-order valence-electron chi connectivity index (χ4n) is 2.42. The number of rotatable bonds is 10. The fraction of sp³-hybridized carbons (Fsp3) is 0.200. The van der Waals surface area contributed by atoms with Crippen LogP contribution in [-0.2, 0) is 30.9 Å². The van der Waals surface area contributed by atoms with Crippen LogP contribution in [0.1, 0.15) is 4.88 Å². The first-order valence-corrected chi connectivity index (χ1v) is 12.3. The van der Waals surface area contributed by atoms with Crippen LogP contribution in [-0.4, -0.2) is 40.6 Å². The molecule has 1 aromatic carbocycles. The van der Waals surface area contributed by atoms with Gasteiger partial charge in [0.15, 0.2) is 13.2 Å². The van der Waals surface area contributed by atoms with Gasteiger partial charge in [0.05, 0.1) is 12.2 Å². The Morgan fingerprint density at radius 3 is 2.35 bits per heavy atom. The average molecular weight is 481 g/mol. The molecule has 3 aromatic rings. The third-order valence-corrected chi connectivity index (χ3v) is 8.11. The summed E-state index contributed by atoms with van der Waals surface area (Å²) in [6.07, 6.45) is 0. The summed E-state index contributed by atoms with van der Waals surface area (Å²) in [7, 11) is -2.16. The lowest BCUT2D eigenvalue weighted by molar-refractivity contribution is -0.150. The van der Waals surface area contributed by atoms with Crippen molar-refractivity contribution in [3.8, 4) is 5.75 Å². The van der Waals surface area contributed by atoms with Crippen LogP contribution >= 0.6 is 22.7 Å². The van der Waals surface area contributed by atoms with Crippen molar-refractivity contribution < 1.29 is 27.5 Å². The molecular weight excluding hydrogens is 460 g/mol. The fourth-order valence-corrected chi connectivity index (χ4v) is 5.42. The second-order valence-corrected chi connectivity index (χ2v) is 10.4. The van der Waals surface area contributed by atoms with Crippen LogP contribution in [0.4, 0.5) is 5.69 Å². The third-order valence-electron chi connectivity index (χ3n) is 4.07. The highest BCUT2D eigenvalue weighted by molar-refractivity contribution is 7.94. The molecule has 2 heterocycles. The summed E-state index contributed by atoms with van der Waals surface area (Å²) >= 11 is 2.66. The highest BCUT2D eigenvalue weighted by atomic mass is 32.2. The van der Waals surface area contributed by atoms with Gasteiger partial charge in [0.25, 0.3) is 15.9 Å². The molecule has 3 rings (SSSR count). The van der Waals surface area contributed by atoms with Crippen LogP contribution in [0, 0.1) is 0 Å². The summed E-state index contributed by atoms with van der Waals surface area (Å²) in [5.74, 6) is -0.724. The van der Waals surface area contributed by atoms with Gasteiger partial charge in [0, 0.05) is 11.9 Å². The molecule has 0 saturated heterocycles. The van der Waals surface area contributed by atoms with Crippen molar-refractivity contribution in [1.29, 1.82) is 0 Å². The van der Waals surface area contributed by atoms with E-state index >= 15 is 0 Å². The Kier molecular flexibility index (Phi) is 7.66. The van der Waals surface area contributed by atoms with E-state index < -0.39 is 28.5 Å². The van der Waals surface area contributed by atoms with Crippen LogP contribution in [0.2, 0.25) is 0 Å². The maximum Gasteiger partial charge on any atom is 0.344 e. The number of nitrogens with one attached hydrogen (secondary N) is 1. The van der Waals surface area contributed by atoms with Gasteiger partial charge in [-0.15, -0.1) is 22.7 Å². The molecule has 0 aliphatic carbocycles. The van der Waals surface area contributed by atoms with E-state index in [4.69, 9.17) is 9.47 Å². The minimum atomic E-state index is -3.62. The predicted molar refractivity (Wildman–Crippen MR) is 119 cm³/mol. The number of sulfonamides is 1. The van der Waals surface area contributed by atoms with E-state index in [0.717, 1.165) is 16.2 Å². The highest BCUT2D eigenvalue weighted by Gasteiger charge is 2.22. The number of carbonyl (C=O) groups is 2. The SMILES string of the molecule is CN(c1ccc(OCC(=O)OCC(=O)NCc2cccs2)cc1)S(=O)(=O)c1cccs1. The van der Waals surface area contributed by atoms with Crippen LogP contribution in [0.25, 0.3) is 0 Å². The highest BCUT2D eigenvalue weighted by Crippen LogP contribution is 2.26. The Hall–Kier alpha value is -2.89. The van der Waals surface area contributed by atoms with Gasteiger partial charge in [-0.3, -0.25) is 9.10 Å². The number of hydrogen-bond donors (Lipinski definition) is 1. The second-order valence-electron chi connectivity index (χ2n) is 6.20. The van der Waals surface area contributed by atoms with Gasteiger partial charge in [-0.1, -0.05) is 12.1 Å². The van der Waals surface area contributed by atoms with Gasteiger partial charge in [0.2, 0.25) is 0 Å². The molecule has 0 bridgehead atoms. The summed E-state index contributed by atoms with van der Waals surface area (Å²) in [6, 6.07) is 13.3. The lowest BCUT2D eigenvalue weighted by atomic mass is 10.3. The lowest BCUT2D eigenvalue weighted by Gasteiger charge is -2.18. The number of nitrogens with zero attached hydrogens (tertiary/aromatic N) is 1. The van der Waals surface area contributed by atoms with Crippen LogP contribution in [0.15, 0.2) is 63.5 Å². The molecule has 11 heteroatoms. The number of esters is 1. The molecule has 0 unspecified atom stereocenters. The van der Waals surface area contributed by atoms with Crippen molar-refractivity contribution in [3.05, 3.63) is 64.2 Å². The van der Waals surface area contributed by atoms with Gasteiger partial charge in [-0.2, -0.15) is 0 Å². The maximum atomic E-state index is 12.5. The summed E-state index contributed by atoms with van der Waals surface area (Å²) in [5.41, 5.74) is 0.450. The molecule has 0 aliphatic rings. The molecule has 0 saturated carbocycles. The van der Waals surface area contributed by atoms with Crippen molar-refractivity contribution in [2.45, 2.75) is 10.8 Å². The summed E-state index contributed by atoms with van der Waals surface area (Å²) in [5, 5.41) is 6.26. The van der Waals surface area contributed by atoms with Gasteiger partial charge in [-0.05, 0) is 47.2 Å². The first kappa shape index (κ1) is 22.8. The van der Waals surface area contributed by atoms with Gasteiger partial charge in [0.1, 0.15) is 9.96 Å². The average Bonchev–Trinajstić information content (AvgIpc) is 3.49. The third kappa shape index (κ3) is 6.29. The molecule has 31 heavy (non-hydrogen) atoms. The van der Waals surface area contributed by atoms with Gasteiger partial charge in [-0.25, -0.2) is 13.2 Å². The summed E-state index contributed by atoms with van der Waals surface area (Å²) < 4.78 is 36.7. The van der Waals surface area contributed by atoms with Crippen molar-refractivity contribution in [2.24, 2.45) is 0 Å². The first-order valence-electron chi connectivity index (χ1n) is 9.06. The smallest absolute Gasteiger partial charge is 0.344 e. The number of carbonyl (C=O) groups excluding carboxylic acids is 2. The Bertz CT molecular complexity index is 1090. The van der Waals surface area contributed by atoms with Crippen LogP contribution in [0.3, 0.4) is 0 Å². The van der Waals surface area contributed by atoms with Gasteiger partial charge >= 0.3 is 5.97 Å². The van der Waals surface area contributed by atoms with E-state index in [1.807, 2.05) is 17.5 Å². The zero-order valence-corrected chi connectivity index (χ0v) is 19.0. The van der Waals surface area contributed by atoms with Crippen LogP contribution < -0.4 is 14.4 Å². The summed E-state index contributed by atoms with van der Waals surface area (Å²) in [6.45, 7) is -0.383. The van der Waals surface area contributed by atoms with E-state index in [1.165, 1.54) is 22.7 Å². The van der Waals surface area contributed by atoms with Gasteiger partial charge < -0.3 is 14.8 Å². The molecular formula is C20H20N2O6S3. The zero-order valence-electron chi connectivity index (χ0n) is 16.5. The molecule has 0 spiro atoms. The maximum absolute atomic E-state index is 12.5. The Balaban J connectivity index is 1.43. The Morgan fingerprint density at radius 1 is 1.00 bits per heavy atom. The van der Waals surface area contributed by atoms with E-state index in [9.17, 15) is 18.0 Å². The number of hydrogen-bond acceptors (Lipinski definition) is 8. The number of thiophene rings is 2. The monoisotopic (exact) mass is 480 g/mol. The minimum absolute atomic E-state index is 0.248. The zero-order chi connectivity index (χ0) is 22.3. The molecule has 1 amide bonds. The summed E-state index contributed by atoms with van der Waals surface area (Å²) in [4.78, 5) is 24.5. The molecule has 1 N–H and O–H groups in total. The molecule has 2 aromatic heterocycles. The van der Waals surface area contributed by atoms with Crippen molar-refractivity contribution in [2.75, 3.05) is 24.6 Å². The Morgan fingerprint density at radius 2 is 1.71 bits per heavy atom. The number of anilines is 1. The van der Waals surface area contributed by atoms with E-state index in [2.05, 4.69) is 5.32 Å². The van der Waals surface area contributed by atoms with Crippen molar-refractivity contribution >= 4 is 50.3 Å². The van der Waals surface area contributed by atoms with Crippen molar-refractivity contribution in [3.63, 3.8) is 0 Å². The molecule has 0 atom stereocenters. The molecule has 0 fully saturated rings. The van der Waals surface area contributed by atoms with E-state index in [-0.39, 0.29) is 10.8 Å². The molecule has 164 valence electrons. The topological polar surface area (TPSA) is 102 Å². The van der Waals surface area contributed by atoms with Crippen LogP contribution in [0.5, 0.6) is 5.75 Å². The Labute approximate surface area is 188 Å². The molecule has 0 aliphatic heterocycles. The number of benzene rings is 1. The van der Waals surface area contributed by atoms with E-state index in [0.29, 0.717) is 18.0 Å². The predicted octanol–water partition coefficient (Wildman–Crippen LogP) is 2.87. The first-order chi connectivity index (χ1) is 14.9. The standard InChI is InChI=1S/C20H20N2O6S3/c1-22(31(25,26)20-5-3-11-30-20)15-6-8-16(9-7-15)27-14-19(24)28-13-18(23)21-12-17-4-2-10-29-17/h2-11H,12-14H2,1H3,(H,21,23). The largest absolute Gasteiger partial charge is 0.482 e. The quantitative estimate of drug-likeness (QED) is 0.448. The molecule has 0 radical (unpaired) electrons. The second kappa shape index (κ2) is 10.4.